The van der Waals surface area contributed by atoms with Gasteiger partial charge in [-0.25, -0.2) is 17.2 Å². The summed E-state index contributed by atoms with van der Waals surface area (Å²) in [6.07, 6.45) is 1.06. The highest BCUT2D eigenvalue weighted by molar-refractivity contribution is 7.89. The van der Waals surface area contributed by atoms with Crippen molar-refractivity contribution in [1.82, 2.24) is 4.31 Å². The molecule has 0 aliphatic carbocycles. The summed E-state index contributed by atoms with van der Waals surface area (Å²) in [5.41, 5.74) is 0.304. The Morgan fingerprint density at radius 3 is 2.35 bits per heavy atom. The lowest BCUT2D eigenvalue weighted by molar-refractivity contribution is 0.150. The number of benzene rings is 1. The molecule has 2 heterocycles. The molecule has 0 spiro atoms. The summed E-state index contributed by atoms with van der Waals surface area (Å²) in [7, 11) is -3.66. The summed E-state index contributed by atoms with van der Waals surface area (Å²) >= 11 is 0. The van der Waals surface area contributed by atoms with Gasteiger partial charge >= 0.3 is 0 Å². The zero-order chi connectivity index (χ0) is 14.5. The molecule has 2 fully saturated rings. The Morgan fingerprint density at radius 2 is 1.80 bits per heavy atom. The van der Waals surface area contributed by atoms with E-state index < -0.39 is 22.0 Å². The van der Waals surface area contributed by atoms with Crippen LogP contribution < -0.4 is 0 Å². The fourth-order valence-electron chi connectivity index (χ4n) is 3.36. The van der Waals surface area contributed by atoms with Gasteiger partial charge in [0.1, 0.15) is 12.0 Å². The Bertz CT molecular complexity index is 618. The fourth-order valence-corrected chi connectivity index (χ4v) is 5.34. The van der Waals surface area contributed by atoms with Gasteiger partial charge in [0.25, 0.3) is 0 Å². The molecule has 110 valence electrons. The van der Waals surface area contributed by atoms with Crippen LogP contribution in [0, 0.1) is 12.7 Å². The quantitative estimate of drug-likeness (QED) is 0.842. The molecule has 1 aromatic carbocycles. The molecular formula is C14H17F2NO2S. The molecule has 2 aliphatic rings. The van der Waals surface area contributed by atoms with Crippen molar-refractivity contribution in [3.63, 3.8) is 0 Å². The van der Waals surface area contributed by atoms with E-state index in [0.29, 0.717) is 18.4 Å². The van der Waals surface area contributed by atoms with Crippen molar-refractivity contribution in [3.8, 4) is 0 Å². The van der Waals surface area contributed by atoms with Crippen LogP contribution in [-0.2, 0) is 10.0 Å². The predicted molar refractivity (Wildman–Crippen MR) is 71.1 cm³/mol. The summed E-state index contributed by atoms with van der Waals surface area (Å²) in [4.78, 5) is 0.102. The summed E-state index contributed by atoms with van der Waals surface area (Å²) in [5.74, 6) is -0.422. The topological polar surface area (TPSA) is 37.4 Å². The average Bonchev–Trinajstić information content (AvgIpc) is 2.66. The maximum absolute atomic E-state index is 13.5. The van der Waals surface area contributed by atoms with E-state index in [1.165, 1.54) is 29.4 Å². The molecule has 2 atom stereocenters. The fraction of sp³-hybridized carbons (Fsp3) is 0.571. The number of nitrogens with zero attached hydrogens (tertiary/aromatic N) is 1. The third-order valence-corrected chi connectivity index (χ3v) is 6.31. The minimum Gasteiger partial charge on any atom is -0.247 e. The maximum Gasteiger partial charge on any atom is 0.243 e. The second kappa shape index (κ2) is 4.77. The lowest BCUT2D eigenvalue weighted by Crippen LogP contribution is -2.47. The summed E-state index contributed by atoms with van der Waals surface area (Å²) in [6.45, 7) is 1.54. The second-order valence-corrected chi connectivity index (χ2v) is 7.54. The number of piperidine rings is 1. The normalized spacial score (nSPS) is 30.6. The Morgan fingerprint density at radius 1 is 1.20 bits per heavy atom. The molecule has 1 aromatic rings. The van der Waals surface area contributed by atoms with Crippen molar-refractivity contribution in [3.05, 3.63) is 29.6 Å². The van der Waals surface area contributed by atoms with Gasteiger partial charge < -0.3 is 0 Å². The molecule has 2 saturated heterocycles. The molecule has 0 N–H and O–H groups in total. The number of hydrogen-bond donors (Lipinski definition) is 0. The molecule has 2 unspecified atom stereocenters. The first-order valence-electron chi connectivity index (χ1n) is 6.83. The maximum atomic E-state index is 13.5. The van der Waals surface area contributed by atoms with Crippen molar-refractivity contribution < 1.29 is 17.2 Å². The highest BCUT2D eigenvalue weighted by atomic mass is 32.2. The number of alkyl halides is 1. The third-order valence-electron chi connectivity index (χ3n) is 4.31. The summed E-state index contributed by atoms with van der Waals surface area (Å²) < 4.78 is 53.7. The van der Waals surface area contributed by atoms with Crippen LogP contribution in [-0.4, -0.2) is 31.0 Å². The Kier molecular flexibility index (Phi) is 3.33. The SMILES string of the molecule is Cc1cc(S(=O)(=O)N2C3CCC2CC(F)C3)ccc1F. The molecule has 2 bridgehead atoms. The first-order valence-corrected chi connectivity index (χ1v) is 8.27. The van der Waals surface area contributed by atoms with Crippen LogP contribution in [0.25, 0.3) is 0 Å². The molecule has 0 radical (unpaired) electrons. The molecule has 0 saturated carbocycles. The summed E-state index contributed by atoms with van der Waals surface area (Å²) in [6, 6.07) is 3.31. The number of hydrogen-bond acceptors (Lipinski definition) is 2. The molecule has 20 heavy (non-hydrogen) atoms. The zero-order valence-corrected chi connectivity index (χ0v) is 12.0. The number of aryl methyl sites for hydroxylation is 1. The Labute approximate surface area is 117 Å². The van der Waals surface area contributed by atoms with Gasteiger partial charge in [0.15, 0.2) is 0 Å². The van der Waals surface area contributed by atoms with E-state index in [9.17, 15) is 17.2 Å². The second-order valence-electron chi connectivity index (χ2n) is 5.70. The van der Waals surface area contributed by atoms with E-state index >= 15 is 0 Å². The molecule has 2 aliphatic heterocycles. The molecular weight excluding hydrogens is 284 g/mol. The van der Waals surface area contributed by atoms with Gasteiger partial charge in [-0.1, -0.05) is 0 Å². The highest BCUT2D eigenvalue weighted by Gasteiger charge is 2.47. The minimum atomic E-state index is -3.66. The van der Waals surface area contributed by atoms with Crippen molar-refractivity contribution in [2.75, 3.05) is 0 Å². The standard InChI is InChI=1S/C14H17F2NO2S/c1-9-6-13(4-5-14(9)16)20(18,19)17-11-2-3-12(17)8-10(15)7-11/h4-6,10-12H,2-3,7-8H2,1H3. The molecule has 6 heteroatoms. The van der Waals surface area contributed by atoms with Crippen LogP contribution >= 0.6 is 0 Å². The first-order chi connectivity index (χ1) is 9.39. The van der Waals surface area contributed by atoms with Gasteiger partial charge in [0.05, 0.1) is 4.90 Å². The van der Waals surface area contributed by atoms with E-state index in [4.69, 9.17) is 0 Å². The molecule has 3 rings (SSSR count). The predicted octanol–water partition coefficient (Wildman–Crippen LogP) is 2.79. The average molecular weight is 301 g/mol. The van der Waals surface area contributed by atoms with Crippen molar-refractivity contribution in [2.45, 2.75) is 55.8 Å². The number of halogens is 2. The van der Waals surface area contributed by atoms with Gasteiger partial charge in [-0.15, -0.1) is 0 Å². The molecule has 0 amide bonds. The van der Waals surface area contributed by atoms with Gasteiger partial charge in [0, 0.05) is 12.1 Å². The van der Waals surface area contributed by atoms with Crippen LogP contribution in [0.2, 0.25) is 0 Å². The van der Waals surface area contributed by atoms with Gasteiger partial charge in [0.2, 0.25) is 10.0 Å². The number of fused-ring (bicyclic) bond motifs is 2. The van der Waals surface area contributed by atoms with E-state index in [1.54, 1.807) is 0 Å². The van der Waals surface area contributed by atoms with Crippen molar-refractivity contribution >= 4 is 10.0 Å². The van der Waals surface area contributed by atoms with E-state index in [-0.39, 0.29) is 29.8 Å². The Balaban J connectivity index is 1.98. The van der Waals surface area contributed by atoms with E-state index in [2.05, 4.69) is 0 Å². The highest BCUT2D eigenvalue weighted by Crippen LogP contribution is 2.40. The van der Waals surface area contributed by atoms with Gasteiger partial charge in [-0.3, -0.25) is 0 Å². The molecule has 3 nitrogen and oxygen atoms in total. The number of sulfonamides is 1. The van der Waals surface area contributed by atoms with E-state index in [1.807, 2.05) is 0 Å². The zero-order valence-electron chi connectivity index (χ0n) is 11.2. The summed E-state index contributed by atoms with van der Waals surface area (Å²) in [5, 5.41) is 0. The lowest BCUT2D eigenvalue weighted by Gasteiger charge is -2.35. The van der Waals surface area contributed by atoms with Crippen LogP contribution in [0.3, 0.4) is 0 Å². The van der Waals surface area contributed by atoms with Gasteiger partial charge in [-0.2, -0.15) is 4.31 Å². The van der Waals surface area contributed by atoms with Crippen LogP contribution in [0.1, 0.15) is 31.2 Å². The third kappa shape index (κ3) is 2.15. The Hall–Kier alpha value is -1.01. The molecule has 0 aromatic heterocycles. The monoisotopic (exact) mass is 301 g/mol. The van der Waals surface area contributed by atoms with Crippen LogP contribution in [0.5, 0.6) is 0 Å². The van der Waals surface area contributed by atoms with Gasteiger partial charge in [-0.05, 0) is 56.4 Å². The largest absolute Gasteiger partial charge is 0.247 e. The number of rotatable bonds is 2. The van der Waals surface area contributed by atoms with Crippen molar-refractivity contribution in [1.29, 1.82) is 0 Å². The van der Waals surface area contributed by atoms with E-state index in [0.717, 1.165) is 0 Å². The van der Waals surface area contributed by atoms with Crippen LogP contribution in [0.15, 0.2) is 23.1 Å². The van der Waals surface area contributed by atoms with Crippen molar-refractivity contribution in [2.24, 2.45) is 0 Å². The smallest absolute Gasteiger partial charge is 0.243 e. The first kappa shape index (κ1) is 13.9. The minimum absolute atomic E-state index is 0.102. The van der Waals surface area contributed by atoms with Crippen LogP contribution in [0.4, 0.5) is 8.78 Å². The lowest BCUT2D eigenvalue weighted by atomic mass is 10.0.